The fraction of sp³-hybridized carbons (Fsp3) is 0.0476. The summed E-state index contributed by atoms with van der Waals surface area (Å²) in [7, 11) is -3.30. The quantitative estimate of drug-likeness (QED) is 0.453. The van der Waals surface area contributed by atoms with Crippen molar-refractivity contribution in [2.75, 3.05) is 6.26 Å². The summed E-state index contributed by atoms with van der Waals surface area (Å²) in [5.74, 6) is 0. The molecule has 130 valence electrons. The summed E-state index contributed by atoms with van der Waals surface area (Å²) in [5, 5.41) is 1.99. The number of sulfone groups is 1. The Balaban J connectivity index is 1.80. The lowest BCUT2D eigenvalue weighted by atomic mass is 10.0. The summed E-state index contributed by atoms with van der Waals surface area (Å²) in [5.41, 5.74) is 4.85. The number of rotatable bonds is 4. The van der Waals surface area contributed by atoms with E-state index < -0.39 is 9.84 Å². The minimum Gasteiger partial charge on any atom is -0.472 e. The van der Waals surface area contributed by atoms with Gasteiger partial charge in [0.1, 0.15) is 0 Å². The lowest BCUT2D eigenvalue weighted by Gasteiger charge is -2.10. The zero-order chi connectivity index (χ0) is 18.1. The van der Waals surface area contributed by atoms with Gasteiger partial charge in [-0.3, -0.25) is 0 Å². The van der Waals surface area contributed by atoms with Crippen LogP contribution in [0.15, 0.2) is 87.9 Å². The average molecular weight is 380 g/mol. The SMILES string of the molecule is CS(=O)(=O)c1ccccc1-c1ccsc1-c1ccc(-c2ccoc2)cc1. The second-order valence-electron chi connectivity index (χ2n) is 6.02. The van der Waals surface area contributed by atoms with Gasteiger partial charge in [0, 0.05) is 27.8 Å². The number of thiophene rings is 1. The van der Waals surface area contributed by atoms with Gasteiger partial charge >= 0.3 is 0 Å². The highest BCUT2D eigenvalue weighted by Gasteiger charge is 2.17. The summed E-state index contributed by atoms with van der Waals surface area (Å²) in [6.07, 6.45) is 4.62. The molecule has 0 unspecified atom stereocenters. The predicted molar refractivity (Wildman–Crippen MR) is 106 cm³/mol. The predicted octanol–water partition coefficient (Wildman–Crippen LogP) is 5.75. The van der Waals surface area contributed by atoms with Crippen LogP contribution in [-0.4, -0.2) is 14.7 Å². The van der Waals surface area contributed by atoms with Gasteiger partial charge in [-0.2, -0.15) is 0 Å². The molecule has 2 aromatic carbocycles. The van der Waals surface area contributed by atoms with Crippen LogP contribution in [0.2, 0.25) is 0 Å². The van der Waals surface area contributed by atoms with Gasteiger partial charge in [0.25, 0.3) is 0 Å². The number of hydrogen-bond acceptors (Lipinski definition) is 4. The molecule has 0 aliphatic rings. The first-order valence-corrected chi connectivity index (χ1v) is 10.8. The van der Waals surface area contributed by atoms with Crippen LogP contribution in [0.5, 0.6) is 0 Å². The van der Waals surface area contributed by atoms with Crippen molar-refractivity contribution in [2.45, 2.75) is 4.90 Å². The maximum absolute atomic E-state index is 12.2. The Hall–Kier alpha value is -2.63. The van der Waals surface area contributed by atoms with Crippen molar-refractivity contribution >= 4 is 21.2 Å². The maximum Gasteiger partial charge on any atom is 0.176 e. The van der Waals surface area contributed by atoms with E-state index in [1.807, 2.05) is 41.8 Å². The zero-order valence-electron chi connectivity index (χ0n) is 14.0. The van der Waals surface area contributed by atoms with Crippen LogP contribution in [-0.2, 0) is 9.84 Å². The van der Waals surface area contributed by atoms with Crippen LogP contribution >= 0.6 is 11.3 Å². The Morgan fingerprint density at radius 2 is 1.54 bits per heavy atom. The lowest BCUT2D eigenvalue weighted by Crippen LogP contribution is -1.99. The van der Waals surface area contributed by atoms with Crippen molar-refractivity contribution in [2.24, 2.45) is 0 Å². The van der Waals surface area contributed by atoms with Crippen LogP contribution in [0, 0.1) is 0 Å². The molecular formula is C21H16O3S2. The molecule has 2 heterocycles. The van der Waals surface area contributed by atoms with Gasteiger partial charge in [-0.25, -0.2) is 8.42 Å². The third-order valence-corrected chi connectivity index (χ3v) is 6.36. The second-order valence-corrected chi connectivity index (χ2v) is 8.92. The molecule has 26 heavy (non-hydrogen) atoms. The van der Waals surface area contributed by atoms with Crippen LogP contribution < -0.4 is 0 Å². The van der Waals surface area contributed by atoms with E-state index in [9.17, 15) is 8.42 Å². The fourth-order valence-electron chi connectivity index (χ4n) is 3.00. The Morgan fingerprint density at radius 1 is 0.808 bits per heavy atom. The molecule has 0 saturated heterocycles. The summed E-state index contributed by atoms with van der Waals surface area (Å²) in [6, 6.07) is 19.3. The molecule has 4 rings (SSSR count). The molecule has 0 amide bonds. The van der Waals surface area contributed by atoms with Gasteiger partial charge in [0.15, 0.2) is 9.84 Å². The molecule has 3 nitrogen and oxygen atoms in total. The maximum atomic E-state index is 12.2. The molecular weight excluding hydrogens is 364 g/mol. The first kappa shape index (κ1) is 16.8. The van der Waals surface area contributed by atoms with Crippen LogP contribution in [0.4, 0.5) is 0 Å². The van der Waals surface area contributed by atoms with Crippen LogP contribution in [0.25, 0.3) is 32.7 Å². The van der Waals surface area contributed by atoms with E-state index in [-0.39, 0.29) is 0 Å². The first-order valence-electron chi connectivity index (χ1n) is 8.04. The van der Waals surface area contributed by atoms with Gasteiger partial charge in [0.05, 0.1) is 17.4 Å². The van der Waals surface area contributed by atoms with Crippen molar-refractivity contribution in [1.82, 2.24) is 0 Å². The van der Waals surface area contributed by atoms with E-state index in [1.54, 1.807) is 36.0 Å². The summed E-state index contributed by atoms with van der Waals surface area (Å²) in [6.45, 7) is 0. The standard InChI is InChI=1S/C21H16O3S2/c1-26(22,23)20-5-3-2-4-18(20)19-11-13-25-21(19)16-8-6-15(7-9-16)17-10-12-24-14-17/h2-14H,1H3. The fourth-order valence-corrected chi connectivity index (χ4v) is 4.82. The largest absolute Gasteiger partial charge is 0.472 e. The molecule has 0 N–H and O–H groups in total. The highest BCUT2D eigenvalue weighted by molar-refractivity contribution is 7.90. The van der Waals surface area contributed by atoms with E-state index in [0.29, 0.717) is 4.90 Å². The van der Waals surface area contributed by atoms with Crippen molar-refractivity contribution in [3.05, 3.63) is 78.6 Å². The Labute approximate surface area is 156 Å². The molecule has 0 spiro atoms. The average Bonchev–Trinajstić information content (AvgIpc) is 3.33. The molecule has 0 atom stereocenters. The summed E-state index contributed by atoms with van der Waals surface area (Å²) < 4.78 is 29.5. The number of hydrogen-bond donors (Lipinski definition) is 0. The van der Waals surface area contributed by atoms with E-state index >= 15 is 0 Å². The number of benzene rings is 2. The molecule has 0 aliphatic heterocycles. The van der Waals surface area contributed by atoms with E-state index in [0.717, 1.165) is 32.7 Å². The second kappa shape index (κ2) is 6.59. The van der Waals surface area contributed by atoms with E-state index in [2.05, 4.69) is 12.1 Å². The third kappa shape index (κ3) is 3.11. The monoisotopic (exact) mass is 380 g/mol. The van der Waals surface area contributed by atoms with E-state index in [1.165, 1.54) is 6.26 Å². The van der Waals surface area contributed by atoms with Crippen molar-refractivity contribution in [3.8, 4) is 32.7 Å². The normalized spacial score (nSPS) is 11.6. The topological polar surface area (TPSA) is 47.3 Å². The molecule has 0 radical (unpaired) electrons. The minimum absolute atomic E-state index is 0.356. The summed E-state index contributed by atoms with van der Waals surface area (Å²) >= 11 is 1.61. The zero-order valence-corrected chi connectivity index (χ0v) is 15.7. The molecule has 4 aromatic rings. The van der Waals surface area contributed by atoms with Gasteiger partial charge in [-0.15, -0.1) is 11.3 Å². The Kier molecular flexibility index (Phi) is 4.26. The first-order chi connectivity index (χ1) is 12.5. The molecule has 0 saturated carbocycles. The molecule has 2 aromatic heterocycles. The molecule has 0 bridgehead atoms. The van der Waals surface area contributed by atoms with Crippen molar-refractivity contribution in [3.63, 3.8) is 0 Å². The van der Waals surface area contributed by atoms with Gasteiger partial charge in [-0.1, -0.05) is 42.5 Å². The smallest absolute Gasteiger partial charge is 0.176 e. The number of furan rings is 1. The third-order valence-electron chi connectivity index (χ3n) is 4.24. The van der Waals surface area contributed by atoms with E-state index in [4.69, 9.17) is 4.42 Å². The van der Waals surface area contributed by atoms with Crippen LogP contribution in [0.1, 0.15) is 0 Å². The van der Waals surface area contributed by atoms with Gasteiger partial charge < -0.3 is 4.42 Å². The summed E-state index contributed by atoms with van der Waals surface area (Å²) in [4.78, 5) is 1.41. The highest BCUT2D eigenvalue weighted by Crippen LogP contribution is 2.39. The Morgan fingerprint density at radius 3 is 2.23 bits per heavy atom. The van der Waals surface area contributed by atoms with Gasteiger partial charge in [-0.05, 0) is 34.7 Å². The molecule has 0 aliphatic carbocycles. The lowest BCUT2D eigenvalue weighted by molar-refractivity contribution is 0.568. The minimum atomic E-state index is -3.30. The van der Waals surface area contributed by atoms with Crippen molar-refractivity contribution < 1.29 is 12.8 Å². The van der Waals surface area contributed by atoms with Crippen LogP contribution in [0.3, 0.4) is 0 Å². The molecule has 5 heteroatoms. The highest BCUT2D eigenvalue weighted by atomic mass is 32.2. The molecule has 0 fully saturated rings. The van der Waals surface area contributed by atoms with Crippen molar-refractivity contribution in [1.29, 1.82) is 0 Å². The van der Waals surface area contributed by atoms with Gasteiger partial charge in [0.2, 0.25) is 0 Å². The Bertz CT molecular complexity index is 1140.